The minimum absolute atomic E-state index is 0.0472. The highest BCUT2D eigenvalue weighted by Gasteiger charge is 2.04. The van der Waals surface area contributed by atoms with E-state index in [0.29, 0.717) is 0 Å². The van der Waals surface area contributed by atoms with Crippen LogP contribution in [0.5, 0.6) is 0 Å². The van der Waals surface area contributed by atoms with Crippen LogP contribution in [-0.2, 0) is 6.61 Å². The molecule has 2 heterocycles. The van der Waals surface area contributed by atoms with E-state index in [1.807, 2.05) is 35.2 Å². The van der Waals surface area contributed by atoms with Gasteiger partial charge in [0.2, 0.25) is 0 Å². The Morgan fingerprint density at radius 3 is 3.08 bits per heavy atom. The van der Waals surface area contributed by atoms with Crippen LogP contribution in [0.2, 0.25) is 0 Å². The minimum Gasteiger partial charge on any atom is -0.390 e. The van der Waals surface area contributed by atoms with Crippen molar-refractivity contribution in [3.05, 3.63) is 35.1 Å². The molecule has 3 nitrogen and oxygen atoms in total. The van der Waals surface area contributed by atoms with Crippen LogP contribution in [0, 0.1) is 6.92 Å². The molecule has 0 fully saturated rings. The Morgan fingerprint density at radius 1 is 1.62 bits per heavy atom. The Bertz CT molecular complexity index is 405. The monoisotopic (exact) mass is 194 g/mol. The molecule has 68 valence electrons. The molecule has 1 N–H and O–H groups in total. The first-order valence-corrected chi connectivity index (χ1v) is 4.89. The van der Waals surface area contributed by atoms with Gasteiger partial charge in [-0.15, -0.1) is 11.3 Å². The Labute approximate surface area is 80.3 Å². The van der Waals surface area contributed by atoms with Gasteiger partial charge in [0, 0.05) is 11.6 Å². The number of aromatic nitrogens is 2. The first-order chi connectivity index (χ1) is 6.31. The average molecular weight is 194 g/mol. The summed E-state index contributed by atoms with van der Waals surface area (Å²) in [6.07, 6.45) is 1.91. The van der Waals surface area contributed by atoms with Gasteiger partial charge in [0.05, 0.1) is 18.0 Å². The molecule has 2 rings (SSSR count). The molecule has 0 saturated carbocycles. The Balaban J connectivity index is 2.45. The molecule has 13 heavy (non-hydrogen) atoms. The highest BCUT2D eigenvalue weighted by Crippen LogP contribution is 2.17. The summed E-state index contributed by atoms with van der Waals surface area (Å²) in [6.45, 7) is 2.01. The SMILES string of the molecule is Cc1csc(-n2cccc2CO)n1. The summed E-state index contributed by atoms with van der Waals surface area (Å²) in [7, 11) is 0. The largest absolute Gasteiger partial charge is 0.390 e. The van der Waals surface area contributed by atoms with Crippen molar-refractivity contribution < 1.29 is 5.11 Å². The quantitative estimate of drug-likeness (QED) is 0.790. The molecule has 0 saturated heterocycles. The van der Waals surface area contributed by atoms with E-state index in [-0.39, 0.29) is 6.61 Å². The molecular weight excluding hydrogens is 184 g/mol. The minimum atomic E-state index is 0.0472. The molecule has 0 aliphatic rings. The lowest BCUT2D eigenvalue weighted by Gasteiger charge is -2.01. The van der Waals surface area contributed by atoms with E-state index in [4.69, 9.17) is 5.11 Å². The fourth-order valence-corrected chi connectivity index (χ4v) is 2.00. The first kappa shape index (κ1) is 8.47. The smallest absolute Gasteiger partial charge is 0.194 e. The van der Waals surface area contributed by atoms with Crippen LogP contribution in [0.1, 0.15) is 11.4 Å². The lowest BCUT2D eigenvalue weighted by Crippen LogP contribution is -1.97. The maximum Gasteiger partial charge on any atom is 0.194 e. The van der Waals surface area contributed by atoms with Crippen LogP contribution in [0.4, 0.5) is 0 Å². The number of aryl methyl sites for hydroxylation is 1. The maximum absolute atomic E-state index is 9.03. The van der Waals surface area contributed by atoms with Gasteiger partial charge in [0.15, 0.2) is 5.13 Å². The van der Waals surface area contributed by atoms with E-state index in [0.717, 1.165) is 16.5 Å². The van der Waals surface area contributed by atoms with E-state index in [1.165, 1.54) is 0 Å². The lowest BCUT2D eigenvalue weighted by molar-refractivity contribution is 0.274. The predicted molar refractivity (Wildman–Crippen MR) is 52.1 cm³/mol. The average Bonchev–Trinajstić information content (AvgIpc) is 2.71. The van der Waals surface area contributed by atoms with Crippen molar-refractivity contribution in [3.63, 3.8) is 0 Å². The van der Waals surface area contributed by atoms with E-state index in [2.05, 4.69) is 4.98 Å². The van der Waals surface area contributed by atoms with Crippen LogP contribution in [0.25, 0.3) is 5.13 Å². The molecule has 0 bridgehead atoms. The third kappa shape index (κ3) is 1.50. The van der Waals surface area contributed by atoms with Crippen LogP contribution in [-0.4, -0.2) is 14.7 Å². The summed E-state index contributed by atoms with van der Waals surface area (Å²) in [6, 6.07) is 3.79. The molecule has 2 aromatic heterocycles. The highest BCUT2D eigenvalue weighted by molar-refractivity contribution is 7.12. The van der Waals surface area contributed by atoms with Crippen molar-refractivity contribution in [1.29, 1.82) is 0 Å². The number of nitrogens with zero attached hydrogens (tertiary/aromatic N) is 2. The zero-order valence-corrected chi connectivity index (χ0v) is 8.08. The van der Waals surface area contributed by atoms with Crippen LogP contribution >= 0.6 is 11.3 Å². The first-order valence-electron chi connectivity index (χ1n) is 4.01. The second-order valence-electron chi connectivity index (χ2n) is 2.80. The topological polar surface area (TPSA) is 38.0 Å². The molecule has 0 amide bonds. The third-order valence-corrected chi connectivity index (χ3v) is 2.77. The number of thiazole rings is 1. The predicted octanol–water partition coefficient (Wildman–Crippen LogP) is 1.73. The molecule has 0 spiro atoms. The molecule has 0 radical (unpaired) electrons. The van der Waals surface area contributed by atoms with Gasteiger partial charge in [-0.2, -0.15) is 0 Å². The van der Waals surface area contributed by atoms with Gasteiger partial charge in [-0.25, -0.2) is 4.98 Å². The zero-order chi connectivity index (χ0) is 9.26. The van der Waals surface area contributed by atoms with Crippen molar-refractivity contribution in [3.8, 4) is 5.13 Å². The second-order valence-corrected chi connectivity index (χ2v) is 3.64. The van der Waals surface area contributed by atoms with Gasteiger partial charge < -0.3 is 5.11 Å². The van der Waals surface area contributed by atoms with E-state index in [9.17, 15) is 0 Å². The summed E-state index contributed by atoms with van der Waals surface area (Å²) in [4.78, 5) is 4.33. The van der Waals surface area contributed by atoms with E-state index in [1.54, 1.807) is 11.3 Å². The summed E-state index contributed by atoms with van der Waals surface area (Å²) in [5.41, 5.74) is 1.88. The normalized spacial score (nSPS) is 10.6. The fraction of sp³-hybridized carbons (Fsp3) is 0.222. The van der Waals surface area contributed by atoms with Crippen LogP contribution in [0.3, 0.4) is 0 Å². The molecule has 0 aliphatic heterocycles. The Morgan fingerprint density at radius 2 is 2.46 bits per heavy atom. The molecule has 0 aromatic carbocycles. The number of aliphatic hydroxyl groups excluding tert-OH is 1. The van der Waals surface area contributed by atoms with Crippen molar-refractivity contribution >= 4 is 11.3 Å². The van der Waals surface area contributed by atoms with Gasteiger partial charge in [0.25, 0.3) is 0 Å². The Kier molecular flexibility index (Phi) is 2.16. The van der Waals surface area contributed by atoms with Gasteiger partial charge in [0.1, 0.15) is 0 Å². The summed E-state index contributed by atoms with van der Waals surface area (Å²) in [5.74, 6) is 0. The van der Waals surface area contributed by atoms with Crippen LogP contribution in [0.15, 0.2) is 23.7 Å². The van der Waals surface area contributed by atoms with Crippen molar-refractivity contribution in [2.24, 2.45) is 0 Å². The van der Waals surface area contributed by atoms with E-state index >= 15 is 0 Å². The molecule has 2 aromatic rings. The van der Waals surface area contributed by atoms with Crippen molar-refractivity contribution in [1.82, 2.24) is 9.55 Å². The number of rotatable bonds is 2. The third-order valence-electron chi connectivity index (χ3n) is 1.81. The van der Waals surface area contributed by atoms with Gasteiger partial charge >= 0.3 is 0 Å². The van der Waals surface area contributed by atoms with Crippen LogP contribution < -0.4 is 0 Å². The number of aliphatic hydroxyl groups is 1. The maximum atomic E-state index is 9.03. The second kappa shape index (κ2) is 3.32. The molecule has 0 aliphatic carbocycles. The molecule has 0 atom stereocenters. The summed E-state index contributed by atoms with van der Waals surface area (Å²) < 4.78 is 1.90. The van der Waals surface area contributed by atoms with Gasteiger partial charge in [-0.1, -0.05) is 0 Å². The summed E-state index contributed by atoms with van der Waals surface area (Å²) >= 11 is 1.58. The van der Waals surface area contributed by atoms with Crippen molar-refractivity contribution in [2.75, 3.05) is 0 Å². The molecule has 4 heteroatoms. The van der Waals surface area contributed by atoms with Gasteiger partial charge in [-0.05, 0) is 19.1 Å². The van der Waals surface area contributed by atoms with Gasteiger partial charge in [-0.3, -0.25) is 4.57 Å². The standard InChI is InChI=1S/C9H10N2OS/c1-7-6-13-9(10-7)11-4-2-3-8(11)5-12/h2-4,6,12H,5H2,1H3. The number of hydrogen-bond acceptors (Lipinski definition) is 3. The highest BCUT2D eigenvalue weighted by atomic mass is 32.1. The fourth-order valence-electron chi connectivity index (χ4n) is 1.18. The molecule has 0 unspecified atom stereocenters. The zero-order valence-electron chi connectivity index (χ0n) is 7.27. The Hall–Kier alpha value is -1.13. The summed E-state index contributed by atoms with van der Waals surface area (Å²) in [5, 5.41) is 11.9. The number of hydrogen-bond donors (Lipinski definition) is 1. The molecular formula is C9H10N2OS. The van der Waals surface area contributed by atoms with E-state index < -0.39 is 0 Å². The van der Waals surface area contributed by atoms with Crippen molar-refractivity contribution in [2.45, 2.75) is 13.5 Å². The lowest BCUT2D eigenvalue weighted by atomic mass is 10.5.